The molecule has 0 aliphatic heterocycles. The highest BCUT2D eigenvalue weighted by atomic mass is 32.1. The van der Waals surface area contributed by atoms with Gasteiger partial charge in [0.2, 0.25) is 0 Å². The molecule has 0 unspecified atom stereocenters. The molecule has 2 heterocycles. The van der Waals surface area contributed by atoms with E-state index < -0.39 is 0 Å². The Morgan fingerprint density at radius 2 is 1.92 bits per heavy atom. The lowest BCUT2D eigenvalue weighted by Crippen LogP contribution is -2.29. The number of likely N-dealkylation sites (N-methyl/N-ethyl adjacent to an activating group) is 1. The molecular weight excluding hydrogens is 332 g/mol. The zero-order chi connectivity index (χ0) is 17.2. The predicted octanol–water partition coefficient (Wildman–Crippen LogP) is 4.47. The van der Waals surface area contributed by atoms with Crippen LogP contribution in [0, 0.1) is 0 Å². The molecule has 2 aromatic heterocycles. The van der Waals surface area contributed by atoms with Gasteiger partial charge in [0.15, 0.2) is 0 Å². The van der Waals surface area contributed by atoms with Gasteiger partial charge in [-0.25, -0.2) is 9.78 Å². The molecule has 0 radical (unpaired) electrons. The van der Waals surface area contributed by atoms with Gasteiger partial charge in [0.25, 0.3) is 0 Å². The standard InChI is InChI=1S/C20H18N2O2S/c1-2-22(12-11-19-21-15-8-4-6-10-18(15)25-19)16-13-14-7-3-5-9-17(14)24-20(16)23/h3-10,13H,2,11-12H2,1H3. The second kappa shape index (κ2) is 6.69. The van der Waals surface area contributed by atoms with E-state index in [0.717, 1.165) is 35.4 Å². The van der Waals surface area contributed by atoms with Gasteiger partial charge < -0.3 is 9.32 Å². The molecule has 0 aliphatic rings. The van der Waals surface area contributed by atoms with E-state index in [2.05, 4.69) is 16.0 Å². The van der Waals surface area contributed by atoms with Crippen LogP contribution in [0.5, 0.6) is 0 Å². The summed E-state index contributed by atoms with van der Waals surface area (Å²) < 4.78 is 6.67. The van der Waals surface area contributed by atoms with Crippen LogP contribution in [0.2, 0.25) is 0 Å². The first-order chi connectivity index (χ1) is 12.2. The van der Waals surface area contributed by atoms with E-state index in [4.69, 9.17) is 4.42 Å². The van der Waals surface area contributed by atoms with E-state index in [-0.39, 0.29) is 5.63 Å². The maximum atomic E-state index is 12.4. The van der Waals surface area contributed by atoms with Crippen molar-refractivity contribution in [2.45, 2.75) is 13.3 Å². The summed E-state index contributed by atoms with van der Waals surface area (Å²) in [5, 5.41) is 2.03. The Balaban J connectivity index is 1.59. The first-order valence-corrected chi connectivity index (χ1v) is 9.18. The summed E-state index contributed by atoms with van der Waals surface area (Å²) in [7, 11) is 0. The molecule has 0 atom stereocenters. The van der Waals surface area contributed by atoms with E-state index in [1.165, 1.54) is 4.70 Å². The summed E-state index contributed by atoms with van der Waals surface area (Å²) in [6, 6.07) is 17.7. The third kappa shape index (κ3) is 3.15. The first-order valence-electron chi connectivity index (χ1n) is 8.37. The molecule has 0 bridgehead atoms. The molecule has 0 saturated heterocycles. The van der Waals surface area contributed by atoms with Crippen LogP contribution in [-0.4, -0.2) is 18.1 Å². The number of anilines is 1. The van der Waals surface area contributed by atoms with E-state index >= 15 is 0 Å². The summed E-state index contributed by atoms with van der Waals surface area (Å²) >= 11 is 1.71. The van der Waals surface area contributed by atoms with Crippen molar-refractivity contribution in [3.63, 3.8) is 0 Å². The molecule has 0 amide bonds. The van der Waals surface area contributed by atoms with Gasteiger partial charge in [0.1, 0.15) is 11.3 Å². The van der Waals surface area contributed by atoms with Crippen LogP contribution in [0.1, 0.15) is 11.9 Å². The monoisotopic (exact) mass is 350 g/mol. The Bertz CT molecular complexity index is 1050. The molecule has 4 nitrogen and oxygen atoms in total. The quantitative estimate of drug-likeness (QED) is 0.498. The molecule has 0 N–H and O–H groups in total. The van der Waals surface area contributed by atoms with Crippen molar-refractivity contribution >= 4 is 38.2 Å². The van der Waals surface area contributed by atoms with Gasteiger partial charge in [-0.1, -0.05) is 30.3 Å². The minimum atomic E-state index is -0.287. The fraction of sp³-hybridized carbons (Fsp3) is 0.200. The summed E-state index contributed by atoms with van der Waals surface area (Å²) in [4.78, 5) is 19.1. The Labute approximate surface area is 149 Å². The van der Waals surface area contributed by atoms with Gasteiger partial charge in [0, 0.05) is 24.9 Å². The molecule has 5 heteroatoms. The number of thiazole rings is 1. The molecular formula is C20H18N2O2S. The van der Waals surface area contributed by atoms with Crippen LogP contribution >= 0.6 is 11.3 Å². The highest BCUT2D eigenvalue weighted by Gasteiger charge is 2.13. The summed E-state index contributed by atoms with van der Waals surface area (Å²) in [6.45, 7) is 3.53. The Kier molecular flexibility index (Phi) is 4.24. The average Bonchev–Trinajstić information content (AvgIpc) is 3.05. The second-order valence-corrected chi connectivity index (χ2v) is 6.98. The normalized spacial score (nSPS) is 11.2. The molecule has 25 heavy (non-hydrogen) atoms. The van der Waals surface area contributed by atoms with E-state index in [1.54, 1.807) is 11.3 Å². The smallest absolute Gasteiger partial charge is 0.360 e. The fourth-order valence-corrected chi connectivity index (χ4v) is 3.93. The number of rotatable bonds is 5. The van der Waals surface area contributed by atoms with Gasteiger partial charge in [-0.3, -0.25) is 0 Å². The second-order valence-electron chi connectivity index (χ2n) is 5.86. The van der Waals surface area contributed by atoms with Crippen molar-refractivity contribution in [3.05, 3.63) is 70.0 Å². The highest BCUT2D eigenvalue weighted by molar-refractivity contribution is 7.18. The molecule has 0 fully saturated rings. The van der Waals surface area contributed by atoms with Crippen molar-refractivity contribution < 1.29 is 4.42 Å². The predicted molar refractivity (Wildman–Crippen MR) is 104 cm³/mol. The van der Waals surface area contributed by atoms with Gasteiger partial charge in [-0.05, 0) is 31.2 Å². The lowest BCUT2D eigenvalue weighted by Gasteiger charge is -2.21. The molecule has 2 aromatic carbocycles. The van der Waals surface area contributed by atoms with E-state index in [1.807, 2.05) is 55.5 Å². The van der Waals surface area contributed by atoms with Crippen molar-refractivity contribution in [2.75, 3.05) is 18.0 Å². The van der Waals surface area contributed by atoms with Crippen molar-refractivity contribution in [2.24, 2.45) is 0 Å². The maximum Gasteiger partial charge on any atom is 0.360 e. The molecule has 0 saturated carbocycles. The lowest BCUT2D eigenvalue weighted by molar-refractivity contribution is 0.557. The third-order valence-corrected chi connectivity index (χ3v) is 5.38. The van der Waals surface area contributed by atoms with Crippen molar-refractivity contribution in [3.8, 4) is 0 Å². The van der Waals surface area contributed by atoms with Crippen LogP contribution in [0.4, 0.5) is 5.69 Å². The summed E-state index contributed by atoms with van der Waals surface area (Å²) in [5.41, 5.74) is 1.99. The molecule has 0 spiro atoms. The lowest BCUT2D eigenvalue weighted by atomic mass is 10.2. The molecule has 126 valence electrons. The summed E-state index contributed by atoms with van der Waals surface area (Å²) in [6.07, 6.45) is 0.805. The fourth-order valence-electron chi connectivity index (χ4n) is 2.98. The topological polar surface area (TPSA) is 46.3 Å². The molecule has 0 aliphatic carbocycles. The van der Waals surface area contributed by atoms with Crippen LogP contribution in [0.15, 0.2) is 63.8 Å². The zero-order valence-corrected chi connectivity index (χ0v) is 14.8. The van der Waals surface area contributed by atoms with Crippen LogP contribution in [0.3, 0.4) is 0 Å². The Morgan fingerprint density at radius 3 is 2.76 bits per heavy atom. The largest absolute Gasteiger partial charge is 0.421 e. The number of nitrogens with zero attached hydrogens (tertiary/aromatic N) is 2. The highest BCUT2D eigenvalue weighted by Crippen LogP contribution is 2.23. The number of aromatic nitrogens is 1. The number of fused-ring (bicyclic) bond motifs is 2. The Hall–Kier alpha value is -2.66. The van der Waals surface area contributed by atoms with Gasteiger partial charge in [-0.2, -0.15) is 0 Å². The molecule has 4 aromatic rings. The first kappa shape index (κ1) is 15.8. The van der Waals surface area contributed by atoms with E-state index in [0.29, 0.717) is 11.3 Å². The minimum Gasteiger partial charge on any atom is -0.421 e. The van der Waals surface area contributed by atoms with Crippen molar-refractivity contribution in [1.82, 2.24) is 4.98 Å². The van der Waals surface area contributed by atoms with Gasteiger partial charge in [0.05, 0.1) is 15.2 Å². The Morgan fingerprint density at radius 1 is 1.12 bits per heavy atom. The number of hydrogen-bond acceptors (Lipinski definition) is 5. The average molecular weight is 350 g/mol. The van der Waals surface area contributed by atoms with Gasteiger partial charge >= 0.3 is 5.63 Å². The van der Waals surface area contributed by atoms with Crippen molar-refractivity contribution in [1.29, 1.82) is 0 Å². The van der Waals surface area contributed by atoms with Crippen LogP contribution in [-0.2, 0) is 6.42 Å². The third-order valence-electron chi connectivity index (χ3n) is 4.28. The SMILES string of the molecule is CCN(CCc1nc2ccccc2s1)c1cc2ccccc2oc1=O. The number of benzene rings is 2. The van der Waals surface area contributed by atoms with Crippen LogP contribution in [0.25, 0.3) is 21.2 Å². The van der Waals surface area contributed by atoms with E-state index in [9.17, 15) is 4.79 Å². The summed E-state index contributed by atoms with van der Waals surface area (Å²) in [5.74, 6) is 0. The zero-order valence-electron chi connectivity index (χ0n) is 13.9. The molecule has 4 rings (SSSR count). The van der Waals surface area contributed by atoms with Gasteiger partial charge in [-0.15, -0.1) is 11.3 Å². The number of para-hydroxylation sites is 2. The number of hydrogen-bond donors (Lipinski definition) is 0. The maximum absolute atomic E-state index is 12.4. The minimum absolute atomic E-state index is 0.287. The van der Waals surface area contributed by atoms with Crippen LogP contribution < -0.4 is 10.5 Å².